The summed E-state index contributed by atoms with van der Waals surface area (Å²) >= 11 is 0. The topological polar surface area (TPSA) is 250 Å². The quantitative estimate of drug-likeness (QED) is 0.0601. The number of carbonyl (C=O) groups excluding carboxylic acids is 5. The van der Waals surface area contributed by atoms with Crippen molar-refractivity contribution in [2.24, 2.45) is 0 Å². The van der Waals surface area contributed by atoms with Gasteiger partial charge >= 0.3 is 6.09 Å². The number of benzene rings is 4. The van der Waals surface area contributed by atoms with E-state index in [1.807, 2.05) is 48.5 Å². The smallest absolute Gasteiger partial charge is 0.410 e. The predicted octanol–water partition coefficient (Wildman–Crippen LogP) is 5.59. The number of rotatable bonds is 17. The molecule has 6 aliphatic heterocycles. The molecule has 0 unspecified atom stereocenters. The number of amides is 5. The summed E-state index contributed by atoms with van der Waals surface area (Å²) in [5.41, 5.74) is 7.99. The first kappa shape index (κ1) is 61.2. The Kier molecular flexibility index (Phi) is 20.1. The van der Waals surface area contributed by atoms with Crippen molar-refractivity contribution in [3.63, 3.8) is 0 Å². The second-order valence-electron chi connectivity index (χ2n) is 24.2. The van der Waals surface area contributed by atoms with Gasteiger partial charge in [-0.05, 0) is 155 Å². The summed E-state index contributed by atoms with van der Waals surface area (Å²) in [6.07, 6.45) is 5.56. The number of anilines is 4. The number of aromatic hydroxyl groups is 1. The number of methoxy groups -OCH3 is 1. The first-order valence-electron chi connectivity index (χ1n) is 29.8. The summed E-state index contributed by atoms with van der Waals surface area (Å²) in [5.74, 6) is 0.450. The minimum atomic E-state index is -1.06. The van der Waals surface area contributed by atoms with E-state index in [2.05, 4.69) is 48.5 Å². The Balaban J connectivity index is 0.000000207. The number of phenolic OH excluding ortho intramolecular Hbond substituents is 1. The second kappa shape index (κ2) is 27.6. The summed E-state index contributed by atoms with van der Waals surface area (Å²) in [6, 6.07) is 22.1. The van der Waals surface area contributed by atoms with Crippen molar-refractivity contribution in [3.05, 3.63) is 106 Å². The number of nitrogens with one attached hydrogen (secondary N) is 5. The van der Waals surface area contributed by atoms with Gasteiger partial charge in [0.2, 0.25) is 11.8 Å². The van der Waals surface area contributed by atoms with Crippen LogP contribution in [0.25, 0.3) is 0 Å². The second-order valence-corrected chi connectivity index (χ2v) is 24.2. The third-order valence-corrected chi connectivity index (χ3v) is 16.6. The third kappa shape index (κ3) is 16.1. The number of aliphatic hydroxyl groups excluding tert-OH is 2. The highest BCUT2D eigenvalue weighted by molar-refractivity contribution is 5.97. The predicted molar refractivity (Wildman–Crippen MR) is 322 cm³/mol. The van der Waals surface area contributed by atoms with Gasteiger partial charge in [-0.2, -0.15) is 0 Å². The highest BCUT2D eigenvalue weighted by Gasteiger charge is 2.38. The van der Waals surface area contributed by atoms with Gasteiger partial charge in [-0.25, -0.2) is 4.79 Å². The first-order chi connectivity index (χ1) is 40.2. The van der Waals surface area contributed by atoms with E-state index >= 15 is 0 Å². The van der Waals surface area contributed by atoms with Crippen molar-refractivity contribution in [2.75, 3.05) is 99.8 Å². The normalized spacial score (nSPS) is 19.6. The number of hydrogen-bond acceptors (Lipinski definition) is 16. The van der Waals surface area contributed by atoms with Gasteiger partial charge in [0, 0.05) is 139 Å². The summed E-state index contributed by atoms with van der Waals surface area (Å²) in [6.45, 7) is 15.9. The average molecular weight is 1160 g/mol. The fourth-order valence-corrected chi connectivity index (χ4v) is 11.8. The van der Waals surface area contributed by atoms with E-state index in [1.54, 1.807) is 63.7 Å². The van der Waals surface area contributed by atoms with Crippen LogP contribution in [0, 0.1) is 0 Å². The van der Waals surface area contributed by atoms with Gasteiger partial charge in [0.05, 0.1) is 30.3 Å². The van der Waals surface area contributed by atoms with Gasteiger partial charge in [0.25, 0.3) is 11.8 Å². The molecule has 0 aliphatic carbocycles. The molecule has 0 radical (unpaired) electrons. The van der Waals surface area contributed by atoms with E-state index in [1.165, 1.54) is 17.7 Å². The number of fused-ring (bicyclic) bond motifs is 2. The Hall–Kier alpha value is -7.33. The minimum Gasteiger partial charge on any atom is -0.508 e. The monoisotopic (exact) mass is 1160 g/mol. The zero-order valence-corrected chi connectivity index (χ0v) is 49.6. The summed E-state index contributed by atoms with van der Waals surface area (Å²) < 4.78 is 16.3. The molecule has 0 saturated carbocycles. The maximum atomic E-state index is 13.6. The number of likely N-dealkylation sites (tertiary alicyclic amines) is 2. The first-order valence-corrected chi connectivity index (χ1v) is 29.8. The molecule has 8 N–H and O–H groups in total. The molecule has 4 fully saturated rings. The van der Waals surface area contributed by atoms with Crippen LogP contribution in [-0.2, 0) is 45.0 Å². The standard InChI is InChI=1S/C35H49N5O7.C28H37N5O4/c1-23(41)39-20-28(21-39)37-27-13-25(14-29(17-27)38-11-7-6-8-12-38)33(43)36-18-32(42)31-16-24-9-10-30(46-22-45-5)15-26(24)19-40(31)34(44)47-35(2,3)4;1-18(34)33-16-23(17-33)31-22-9-20(10-24(13-22)32-7-3-2-4-8-32)28(37)30-15-27(36)26-12-19-5-6-25(35)11-21(19)14-29-26/h9-10,13-15,17,28,31-32,37,42H,6-8,11-12,16,18-22H2,1-5H3,(H,36,43);5-6,9-11,13,23,26-27,29,31,35-36H,2-4,7-8,12,14-17H2,1H3,(H,30,37)/t31-,32+;26-,27+/m00/s1. The van der Waals surface area contributed by atoms with E-state index < -0.39 is 29.9 Å². The lowest BCUT2D eigenvalue weighted by Crippen LogP contribution is -2.56. The lowest BCUT2D eigenvalue weighted by atomic mass is 9.91. The largest absolute Gasteiger partial charge is 0.508 e. The van der Waals surface area contributed by atoms with Crippen molar-refractivity contribution >= 4 is 52.5 Å². The number of aliphatic hydroxyl groups is 2. The molecule has 84 heavy (non-hydrogen) atoms. The summed E-state index contributed by atoms with van der Waals surface area (Å²) in [4.78, 5) is 73.1. The van der Waals surface area contributed by atoms with Crippen LogP contribution in [0.15, 0.2) is 72.8 Å². The van der Waals surface area contributed by atoms with Gasteiger partial charge in [-0.1, -0.05) is 12.1 Å². The molecule has 10 rings (SSSR count). The molecule has 5 amide bonds. The Morgan fingerprint density at radius 1 is 0.643 bits per heavy atom. The van der Waals surface area contributed by atoms with Crippen molar-refractivity contribution in [1.82, 2.24) is 30.7 Å². The Morgan fingerprint density at radius 2 is 1.17 bits per heavy atom. The van der Waals surface area contributed by atoms with Crippen LogP contribution in [0.4, 0.5) is 27.5 Å². The fraction of sp³-hybridized carbons (Fsp3) is 0.540. The van der Waals surface area contributed by atoms with Crippen molar-refractivity contribution in [3.8, 4) is 11.5 Å². The Labute approximate surface area is 493 Å². The van der Waals surface area contributed by atoms with E-state index in [4.69, 9.17) is 14.2 Å². The SMILES string of the molecule is CC(=O)N1CC(Nc2cc(C(=O)NC[C@@H](O)[C@@H]3Cc4ccc(O)cc4CN3)cc(N3CCCCC3)c2)C1.COCOc1ccc2c(c1)CN(C(=O)OC(C)(C)C)[C@H]([C@H](O)CNC(=O)c1cc(NC3CN(C(C)=O)C3)cc(N3CCCCC3)c1)C2. The van der Waals surface area contributed by atoms with Crippen LogP contribution < -0.4 is 41.1 Å². The van der Waals surface area contributed by atoms with Gasteiger partial charge in [-0.3, -0.25) is 24.1 Å². The van der Waals surface area contributed by atoms with Gasteiger partial charge < -0.3 is 75.7 Å². The van der Waals surface area contributed by atoms with Crippen LogP contribution in [-0.4, -0.2) is 181 Å². The molecule has 4 saturated heterocycles. The average Bonchev–Trinajstić information content (AvgIpc) is 3.15. The van der Waals surface area contributed by atoms with Crippen molar-refractivity contribution in [2.45, 2.75) is 141 Å². The third-order valence-electron chi connectivity index (χ3n) is 16.6. The molecule has 6 heterocycles. The maximum absolute atomic E-state index is 13.6. The highest BCUT2D eigenvalue weighted by atomic mass is 16.7. The zero-order chi connectivity index (χ0) is 59.7. The molecule has 0 aromatic heterocycles. The van der Waals surface area contributed by atoms with Crippen LogP contribution in [0.3, 0.4) is 0 Å². The van der Waals surface area contributed by atoms with E-state index in [0.717, 1.165) is 96.9 Å². The fourth-order valence-electron chi connectivity index (χ4n) is 11.8. The summed E-state index contributed by atoms with van der Waals surface area (Å²) in [5, 5.41) is 48.1. The van der Waals surface area contributed by atoms with Crippen LogP contribution in [0.2, 0.25) is 0 Å². The van der Waals surface area contributed by atoms with Crippen LogP contribution in [0.1, 0.15) is 116 Å². The molecule has 6 aliphatic rings. The van der Waals surface area contributed by atoms with Crippen molar-refractivity contribution < 1.29 is 53.5 Å². The molecular formula is C63H86N10O11. The van der Waals surface area contributed by atoms with Crippen LogP contribution >= 0.6 is 0 Å². The van der Waals surface area contributed by atoms with Crippen molar-refractivity contribution in [1.29, 1.82) is 0 Å². The van der Waals surface area contributed by atoms with E-state index in [9.17, 15) is 39.3 Å². The Morgan fingerprint density at radius 3 is 1.69 bits per heavy atom. The molecule has 4 aromatic carbocycles. The zero-order valence-electron chi connectivity index (χ0n) is 49.6. The molecule has 0 spiro atoms. The van der Waals surface area contributed by atoms with E-state index in [0.29, 0.717) is 62.4 Å². The molecule has 0 bridgehead atoms. The number of ether oxygens (including phenoxy) is 3. The van der Waals surface area contributed by atoms with Crippen LogP contribution in [0.5, 0.6) is 11.5 Å². The lowest BCUT2D eigenvalue weighted by molar-refractivity contribution is -0.133. The molecular weight excluding hydrogens is 1070 g/mol. The van der Waals surface area contributed by atoms with E-state index in [-0.39, 0.29) is 73.9 Å². The number of phenols is 1. The van der Waals surface area contributed by atoms with Gasteiger partial charge in [-0.15, -0.1) is 0 Å². The minimum absolute atomic E-state index is 0.0521. The van der Waals surface area contributed by atoms with Gasteiger partial charge in [0.1, 0.15) is 17.1 Å². The van der Waals surface area contributed by atoms with Gasteiger partial charge in [0.15, 0.2) is 6.79 Å². The highest BCUT2D eigenvalue weighted by Crippen LogP contribution is 2.33. The molecule has 454 valence electrons. The Bertz CT molecular complexity index is 2970. The molecule has 21 heteroatoms. The molecule has 4 aromatic rings. The number of nitrogens with zero attached hydrogens (tertiary/aromatic N) is 5. The maximum Gasteiger partial charge on any atom is 0.410 e. The molecule has 21 nitrogen and oxygen atoms in total. The lowest BCUT2D eigenvalue weighted by Gasteiger charge is -2.40. The number of carbonyl (C=O) groups is 5. The summed E-state index contributed by atoms with van der Waals surface area (Å²) in [7, 11) is 1.55. The number of piperidine rings is 2. The molecule has 4 atom stereocenters. The number of hydrogen-bond donors (Lipinski definition) is 8.